The van der Waals surface area contributed by atoms with Gasteiger partial charge >= 0.3 is 0 Å². The molecule has 2 rings (SSSR count). The van der Waals surface area contributed by atoms with E-state index in [1.807, 2.05) is 19.1 Å². The first-order valence-corrected chi connectivity index (χ1v) is 9.38. The van der Waals surface area contributed by atoms with Crippen LogP contribution < -0.4 is 16.0 Å². The van der Waals surface area contributed by atoms with E-state index in [0.29, 0.717) is 18.2 Å². The van der Waals surface area contributed by atoms with Crippen molar-refractivity contribution in [3.05, 3.63) is 29.8 Å². The Bertz CT molecular complexity index is 572. The zero-order valence-electron chi connectivity index (χ0n) is 17.2. The molecular formula is C20H36Cl2N4O. The summed E-state index contributed by atoms with van der Waals surface area (Å²) in [5.74, 6) is 0.218. The van der Waals surface area contributed by atoms with Gasteiger partial charge in [-0.25, -0.2) is 0 Å². The van der Waals surface area contributed by atoms with E-state index >= 15 is 0 Å². The van der Waals surface area contributed by atoms with E-state index in [0.717, 1.165) is 26.2 Å². The molecule has 3 N–H and O–H groups in total. The first kappa shape index (κ1) is 26.0. The number of amides is 1. The molecule has 1 atom stereocenters. The number of hydrogen-bond acceptors (Lipinski definition) is 4. The molecule has 0 radical (unpaired) electrons. The fourth-order valence-electron chi connectivity index (χ4n) is 3.08. The molecular weight excluding hydrogens is 383 g/mol. The van der Waals surface area contributed by atoms with Gasteiger partial charge in [-0.05, 0) is 51.0 Å². The quantitative estimate of drug-likeness (QED) is 0.744. The van der Waals surface area contributed by atoms with E-state index in [-0.39, 0.29) is 42.2 Å². The molecule has 1 aliphatic heterocycles. The van der Waals surface area contributed by atoms with Gasteiger partial charge in [0.25, 0.3) is 5.91 Å². The summed E-state index contributed by atoms with van der Waals surface area (Å²) < 4.78 is 0. The summed E-state index contributed by atoms with van der Waals surface area (Å²) in [6, 6.07) is 8.53. The van der Waals surface area contributed by atoms with Crippen LogP contribution in [0.5, 0.6) is 0 Å². The smallest absolute Gasteiger partial charge is 0.251 e. The van der Waals surface area contributed by atoms with Crippen molar-refractivity contribution in [1.29, 1.82) is 0 Å². The highest BCUT2D eigenvalue weighted by molar-refractivity contribution is 5.95. The lowest BCUT2D eigenvalue weighted by atomic mass is 9.88. The zero-order valence-corrected chi connectivity index (χ0v) is 18.8. The second-order valence-electron chi connectivity index (χ2n) is 7.89. The van der Waals surface area contributed by atoms with Crippen molar-refractivity contribution < 1.29 is 4.79 Å². The number of anilines is 1. The van der Waals surface area contributed by atoms with Crippen LogP contribution in [-0.2, 0) is 0 Å². The summed E-state index contributed by atoms with van der Waals surface area (Å²) in [7, 11) is 0. The first-order chi connectivity index (χ1) is 11.8. The minimum Gasteiger partial charge on any atom is -0.369 e. The Morgan fingerprint density at radius 1 is 1.07 bits per heavy atom. The number of carbonyl (C=O) groups is 1. The summed E-state index contributed by atoms with van der Waals surface area (Å²) in [5, 5.41) is 3.09. The van der Waals surface area contributed by atoms with Crippen molar-refractivity contribution in [2.45, 2.75) is 46.2 Å². The molecule has 7 heteroatoms. The summed E-state index contributed by atoms with van der Waals surface area (Å²) >= 11 is 0. The molecule has 1 heterocycles. The Labute approximate surface area is 176 Å². The molecule has 1 aromatic carbocycles. The SMILES string of the molecule is CC(C)N1CCN(c2ccc(C(=O)NC(C)(CN)C(C)C)cc2)CC1.Cl.Cl. The van der Waals surface area contributed by atoms with Crippen LogP contribution in [-0.4, -0.2) is 55.1 Å². The van der Waals surface area contributed by atoms with Crippen LogP contribution in [0.4, 0.5) is 5.69 Å². The molecule has 1 saturated heterocycles. The van der Waals surface area contributed by atoms with Gasteiger partial charge in [0.2, 0.25) is 0 Å². The summed E-state index contributed by atoms with van der Waals surface area (Å²) in [6.07, 6.45) is 0. The summed E-state index contributed by atoms with van der Waals surface area (Å²) in [5.41, 5.74) is 7.35. The van der Waals surface area contributed by atoms with Gasteiger partial charge in [0.15, 0.2) is 0 Å². The minimum absolute atomic E-state index is 0. The van der Waals surface area contributed by atoms with Gasteiger partial charge in [-0.2, -0.15) is 0 Å². The standard InChI is InChI=1S/C20H34N4O.2ClH/c1-15(2)20(5,14-21)22-19(25)17-6-8-18(9-7-17)24-12-10-23(11-13-24)16(3)4;;/h6-9,15-16H,10-14,21H2,1-5H3,(H,22,25);2*1H. The van der Waals surface area contributed by atoms with Gasteiger partial charge in [0.1, 0.15) is 0 Å². The average Bonchev–Trinajstić information content (AvgIpc) is 2.61. The van der Waals surface area contributed by atoms with E-state index in [9.17, 15) is 4.79 Å². The molecule has 1 fully saturated rings. The predicted octanol–water partition coefficient (Wildman–Crippen LogP) is 3.16. The summed E-state index contributed by atoms with van der Waals surface area (Å²) in [4.78, 5) is 17.4. The Kier molecular flexibility index (Phi) is 10.7. The fraction of sp³-hybridized carbons (Fsp3) is 0.650. The Balaban J connectivity index is 0.00000338. The van der Waals surface area contributed by atoms with E-state index in [1.165, 1.54) is 5.69 Å². The lowest BCUT2D eigenvalue weighted by Crippen LogP contribution is -2.55. The third-order valence-corrected chi connectivity index (χ3v) is 5.64. The molecule has 1 aliphatic rings. The second kappa shape index (κ2) is 11.1. The number of nitrogens with zero attached hydrogens (tertiary/aromatic N) is 2. The molecule has 0 saturated carbocycles. The van der Waals surface area contributed by atoms with E-state index in [2.05, 4.69) is 54.9 Å². The number of halogens is 2. The van der Waals surface area contributed by atoms with Crippen LogP contribution in [0.25, 0.3) is 0 Å². The third-order valence-electron chi connectivity index (χ3n) is 5.64. The van der Waals surface area contributed by atoms with Gasteiger partial charge in [-0.15, -0.1) is 24.8 Å². The van der Waals surface area contributed by atoms with Crippen molar-refractivity contribution in [3.63, 3.8) is 0 Å². The van der Waals surface area contributed by atoms with Crippen molar-refractivity contribution >= 4 is 36.4 Å². The lowest BCUT2D eigenvalue weighted by Gasteiger charge is -2.38. The molecule has 0 bridgehead atoms. The second-order valence-corrected chi connectivity index (χ2v) is 7.89. The average molecular weight is 419 g/mol. The number of rotatable bonds is 6. The highest BCUT2D eigenvalue weighted by Gasteiger charge is 2.29. The molecule has 0 aromatic heterocycles. The van der Waals surface area contributed by atoms with E-state index < -0.39 is 0 Å². The number of piperazine rings is 1. The topological polar surface area (TPSA) is 61.6 Å². The van der Waals surface area contributed by atoms with Gasteiger partial charge in [-0.3, -0.25) is 9.69 Å². The van der Waals surface area contributed by atoms with E-state index in [1.54, 1.807) is 0 Å². The Hall–Kier alpha value is -1.01. The zero-order chi connectivity index (χ0) is 18.6. The molecule has 0 spiro atoms. The minimum atomic E-state index is -0.386. The molecule has 1 unspecified atom stereocenters. The van der Waals surface area contributed by atoms with E-state index in [4.69, 9.17) is 5.73 Å². The number of benzene rings is 1. The van der Waals surface area contributed by atoms with Crippen LogP contribution in [0.1, 0.15) is 45.0 Å². The van der Waals surface area contributed by atoms with Crippen LogP contribution in [0.2, 0.25) is 0 Å². The number of nitrogens with two attached hydrogens (primary N) is 1. The summed E-state index contributed by atoms with van der Waals surface area (Å²) in [6.45, 7) is 15.3. The highest BCUT2D eigenvalue weighted by Crippen LogP contribution is 2.20. The van der Waals surface area contributed by atoms with Crippen LogP contribution >= 0.6 is 24.8 Å². The normalized spacial score (nSPS) is 17.1. The number of carbonyl (C=O) groups excluding carboxylic acids is 1. The van der Waals surface area contributed by atoms with Gasteiger partial charge in [0, 0.05) is 50.0 Å². The predicted molar refractivity (Wildman–Crippen MR) is 120 cm³/mol. The molecule has 156 valence electrons. The monoisotopic (exact) mass is 418 g/mol. The van der Waals surface area contributed by atoms with Crippen molar-refractivity contribution in [2.24, 2.45) is 11.7 Å². The largest absolute Gasteiger partial charge is 0.369 e. The maximum atomic E-state index is 12.5. The first-order valence-electron chi connectivity index (χ1n) is 9.38. The lowest BCUT2D eigenvalue weighted by molar-refractivity contribution is 0.0883. The van der Waals surface area contributed by atoms with Gasteiger partial charge in [0.05, 0.1) is 5.54 Å². The van der Waals surface area contributed by atoms with Gasteiger partial charge in [-0.1, -0.05) is 13.8 Å². The number of nitrogens with one attached hydrogen (secondary N) is 1. The highest BCUT2D eigenvalue weighted by atomic mass is 35.5. The van der Waals surface area contributed by atoms with Crippen LogP contribution in [0.15, 0.2) is 24.3 Å². The molecule has 1 amide bonds. The maximum Gasteiger partial charge on any atom is 0.251 e. The number of hydrogen-bond donors (Lipinski definition) is 2. The fourth-order valence-corrected chi connectivity index (χ4v) is 3.08. The van der Waals surface area contributed by atoms with Gasteiger partial charge < -0.3 is 16.0 Å². The maximum absolute atomic E-state index is 12.5. The van der Waals surface area contributed by atoms with Crippen molar-refractivity contribution in [2.75, 3.05) is 37.6 Å². The molecule has 27 heavy (non-hydrogen) atoms. The van der Waals surface area contributed by atoms with Crippen LogP contribution in [0, 0.1) is 5.92 Å². The Morgan fingerprint density at radius 3 is 2.00 bits per heavy atom. The van der Waals surface area contributed by atoms with Crippen molar-refractivity contribution in [1.82, 2.24) is 10.2 Å². The molecule has 5 nitrogen and oxygen atoms in total. The van der Waals surface area contributed by atoms with Crippen molar-refractivity contribution in [3.8, 4) is 0 Å². The third kappa shape index (κ3) is 6.53. The van der Waals surface area contributed by atoms with Crippen LogP contribution in [0.3, 0.4) is 0 Å². The Morgan fingerprint density at radius 2 is 1.59 bits per heavy atom. The molecule has 1 aromatic rings. The molecule has 0 aliphatic carbocycles.